The van der Waals surface area contributed by atoms with Crippen molar-refractivity contribution in [1.82, 2.24) is 4.72 Å². The number of sulfonamides is 1. The van der Waals surface area contributed by atoms with Crippen molar-refractivity contribution in [3.8, 4) is 5.75 Å². The van der Waals surface area contributed by atoms with Gasteiger partial charge in [-0.05, 0) is 51.5 Å². The van der Waals surface area contributed by atoms with Crippen LogP contribution >= 0.6 is 0 Å². The number of ether oxygens (including phenoxy) is 1. The van der Waals surface area contributed by atoms with E-state index in [4.69, 9.17) is 4.74 Å². The number of hydrogen-bond acceptors (Lipinski definition) is 3. The van der Waals surface area contributed by atoms with Crippen molar-refractivity contribution in [3.05, 3.63) is 24.3 Å². The molecule has 0 saturated heterocycles. The minimum atomic E-state index is -3.47. The first-order chi connectivity index (χ1) is 8.74. The molecular formula is C14H23NO3S. The molecular weight excluding hydrogens is 262 g/mol. The predicted octanol–water partition coefficient (Wildman–Crippen LogP) is 2.94. The van der Waals surface area contributed by atoms with Gasteiger partial charge in [0.15, 0.2) is 0 Å². The lowest BCUT2D eigenvalue weighted by Crippen LogP contribution is -2.40. The van der Waals surface area contributed by atoms with Crippen molar-refractivity contribution in [2.24, 2.45) is 0 Å². The summed E-state index contributed by atoms with van der Waals surface area (Å²) in [5.74, 6) is 0.697. The van der Waals surface area contributed by atoms with Gasteiger partial charge in [-0.25, -0.2) is 13.1 Å². The number of hydrogen-bond donors (Lipinski definition) is 1. The number of rotatable bonds is 6. The average Bonchev–Trinajstić information content (AvgIpc) is 2.27. The summed E-state index contributed by atoms with van der Waals surface area (Å²) in [7, 11) is -3.47. The summed E-state index contributed by atoms with van der Waals surface area (Å²) in [5, 5.41) is 0. The molecule has 1 aromatic rings. The fourth-order valence-corrected chi connectivity index (χ4v) is 2.93. The Morgan fingerprint density at radius 2 is 1.74 bits per heavy atom. The maximum Gasteiger partial charge on any atom is 0.241 e. The first-order valence-corrected chi connectivity index (χ1v) is 8.00. The highest BCUT2D eigenvalue weighted by Gasteiger charge is 2.21. The van der Waals surface area contributed by atoms with Crippen LogP contribution < -0.4 is 9.46 Å². The first kappa shape index (κ1) is 16.0. The van der Waals surface area contributed by atoms with Crippen molar-refractivity contribution in [2.45, 2.75) is 51.0 Å². The second-order valence-electron chi connectivity index (χ2n) is 5.53. The quantitative estimate of drug-likeness (QED) is 0.818. The van der Waals surface area contributed by atoms with Crippen LogP contribution in [0.25, 0.3) is 0 Å². The fourth-order valence-electron chi connectivity index (χ4n) is 1.51. The molecule has 0 aliphatic rings. The Kier molecular flexibility index (Phi) is 5.38. The van der Waals surface area contributed by atoms with Gasteiger partial charge in [-0.15, -0.1) is 0 Å². The molecule has 19 heavy (non-hydrogen) atoms. The Hall–Kier alpha value is -1.07. The summed E-state index contributed by atoms with van der Waals surface area (Å²) in [6.07, 6.45) is 2.06. The largest absolute Gasteiger partial charge is 0.494 e. The minimum absolute atomic E-state index is 0.255. The van der Waals surface area contributed by atoms with Crippen molar-refractivity contribution in [2.75, 3.05) is 6.61 Å². The molecule has 0 fully saturated rings. The van der Waals surface area contributed by atoms with Crippen molar-refractivity contribution in [3.63, 3.8) is 0 Å². The molecule has 0 aromatic heterocycles. The molecule has 0 heterocycles. The van der Waals surface area contributed by atoms with Crippen molar-refractivity contribution in [1.29, 1.82) is 0 Å². The van der Waals surface area contributed by atoms with Crippen LogP contribution in [0.1, 0.15) is 40.5 Å². The Morgan fingerprint density at radius 1 is 1.16 bits per heavy atom. The molecule has 0 radical (unpaired) electrons. The van der Waals surface area contributed by atoms with Gasteiger partial charge in [-0.1, -0.05) is 13.3 Å². The SMILES string of the molecule is CCCCOc1ccc(S(=O)(=O)NC(C)(C)C)cc1. The predicted molar refractivity (Wildman–Crippen MR) is 76.9 cm³/mol. The molecule has 0 saturated carbocycles. The number of nitrogens with one attached hydrogen (secondary N) is 1. The third-order valence-electron chi connectivity index (χ3n) is 2.34. The molecule has 5 heteroatoms. The van der Waals surface area contributed by atoms with E-state index in [-0.39, 0.29) is 4.90 Å². The topological polar surface area (TPSA) is 55.4 Å². The number of benzene rings is 1. The Morgan fingerprint density at radius 3 is 2.21 bits per heavy atom. The zero-order valence-electron chi connectivity index (χ0n) is 12.1. The van der Waals surface area contributed by atoms with Crippen molar-refractivity contribution < 1.29 is 13.2 Å². The summed E-state index contributed by atoms with van der Waals surface area (Å²) < 4.78 is 32.2. The van der Waals surface area contributed by atoms with E-state index in [2.05, 4.69) is 11.6 Å². The Balaban J connectivity index is 2.75. The first-order valence-electron chi connectivity index (χ1n) is 6.51. The van der Waals surface area contributed by atoms with Gasteiger partial charge in [0.2, 0.25) is 10.0 Å². The van der Waals surface area contributed by atoms with E-state index in [1.165, 1.54) is 0 Å². The Bertz CT molecular complexity index is 486. The third kappa shape index (κ3) is 5.61. The summed E-state index contributed by atoms with van der Waals surface area (Å²) in [6.45, 7) is 8.19. The van der Waals surface area contributed by atoms with Gasteiger partial charge in [0.1, 0.15) is 5.75 Å². The third-order valence-corrected chi connectivity index (χ3v) is 4.12. The Labute approximate surface area is 116 Å². The molecule has 0 aliphatic carbocycles. The van der Waals surface area contributed by atoms with E-state index in [0.29, 0.717) is 12.4 Å². The van der Waals surface area contributed by atoms with Gasteiger partial charge >= 0.3 is 0 Å². The zero-order valence-corrected chi connectivity index (χ0v) is 12.9. The lowest BCUT2D eigenvalue weighted by molar-refractivity contribution is 0.309. The lowest BCUT2D eigenvalue weighted by atomic mass is 10.1. The molecule has 4 nitrogen and oxygen atoms in total. The fraction of sp³-hybridized carbons (Fsp3) is 0.571. The molecule has 0 amide bonds. The van der Waals surface area contributed by atoms with Gasteiger partial charge < -0.3 is 4.74 Å². The van der Waals surface area contributed by atoms with E-state index < -0.39 is 15.6 Å². The second kappa shape index (κ2) is 6.39. The van der Waals surface area contributed by atoms with Crippen LogP contribution in [0.2, 0.25) is 0 Å². The van der Waals surface area contributed by atoms with Gasteiger partial charge in [-0.3, -0.25) is 0 Å². The summed E-state index contributed by atoms with van der Waals surface area (Å²) >= 11 is 0. The second-order valence-corrected chi connectivity index (χ2v) is 7.21. The molecule has 1 rings (SSSR count). The van der Waals surface area contributed by atoms with E-state index in [0.717, 1.165) is 12.8 Å². The van der Waals surface area contributed by atoms with Crippen LogP contribution in [0.4, 0.5) is 0 Å². The lowest BCUT2D eigenvalue weighted by Gasteiger charge is -2.20. The van der Waals surface area contributed by atoms with Crippen molar-refractivity contribution >= 4 is 10.0 Å². The van der Waals surface area contributed by atoms with Crippen LogP contribution in [-0.4, -0.2) is 20.6 Å². The van der Waals surface area contributed by atoms with Crippen LogP contribution in [0, 0.1) is 0 Å². The van der Waals surface area contributed by atoms with Crippen LogP contribution in [0.3, 0.4) is 0 Å². The summed E-state index contributed by atoms with van der Waals surface area (Å²) in [5.41, 5.74) is -0.491. The molecule has 0 spiro atoms. The number of unbranched alkanes of at least 4 members (excludes halogenated alkanes) is 1. The minimum Gasteiger partial charge on any atom is -0.494 e. The average molecular weight is 285 g/mol. The highest BCUT2D eigenvalue weighted by atomic mass is 32.2. The molecule has 1 N–H and O–H groups in total. The summed E-state index contributed by atoms with van der Waals surface area (Å²) in [6, 6.07) is 6.50. The molecule has 108 valence electrons. The van der Waals surface area contributed by atoms with Crippen LogP contribution in [0.5, 0.6) is 5.75 Å². The van der Waals surface area contributed by atoms with Gasteiger partial charge in [0.05, 0.1) is 11.5 Å². The molecule has 0 bridgehead atoms. The normalized spacial score (nSPS) is 12.4. The van der Waals surface area contributed by atoms with E-state index >= 15 is 0 Å². The smallest absolute Gasteiger partial charge is 0.241 e. The maximum atomic E-state index is 12.1. The molecule has 0 unspecified atom stereocenters. The summed E-state index contributed by atoms with van der Waals surface area (Å²) in [4.78, 5) is 0.255. The molecule has 0 aliphatic heterocycles. The zero-order chi connectivity index (χ0) is 14.5. The molecule has 0 atom stereocenters. The van der Waals surface area contributed by atoms with Crippen LogP contribution in [-0.2, 0) is 10.0 Å². The van der Waals surface area contributed by atoms with E-state index in [1.54, 1.807) is 24.3 Å². The maximum absolute atomic E-state index is 12.1. The van der Waals surface area contributed by atoms with Crippen LogP contribution in [0.15, 0.2) is 29.2 Å². The van der Waals surface area contributed by atoms with E-state index in [9.17, 15) is 8.42 Å². The monoisotopic (exact) mass is 285 g/mol. The van der Waals surface area contributed by atoms with Gasteiger partial charge in [0, 0.05) is 5.54 Å². The van der Waals surface area contributed by atoms with Gasteiger partial charge in [-0.2, -0.15) is 0 Å². The standard InChI is InChI=1S/C14H23NO3S/c1-5-6-11-18-12-7-9-13(10-8-12)19(16,17)15-14(2,3)4/h7-10,15H,5-6,11H2,1-4H3. The highest BCUT2D eigenvalue weighted by molar-refractivity contribution is 7.89. The highest BCUT2D eigenvalue weighted by Crippen LogP contribution is 2.17. The van der Waals surface area contributed by atoms with E-state index in [1.807, 2.05) is 20.8 Å². The van der Waals surface area contributed by atoms with Gasteiger partial charge in [0.25, 0.3) is 0 Å². The molecule has 1 aromatic carbocycles.